The molecule has 2 aromatic carbocycles. The zero-order valence-electron chi connectivity index (χ0n) is 12.8. The number of aryl methyl sites for hydroxylation is 3. The number of thiocarbonyl (C=S) groups is 1. The van der Waals surface area contributed by atoms with E-state index in [1.807, 2.05) is 24.3 Å². The minimum absolute atomic E-state index is 0.509. The first-order chi connectivity index (χ1) is 9.95. The highest BCUT2D eigenvalue weighted by Gasteiger charge is 2.05. The van der Waals surface area contributed by atoms with Crippen molar-refractivity contribution >= 4 is 17.2 Å². The average molecular weight is 299 g/mol. The molecule has 0 aliphatic heterocycles. The third-order valence-electron chi connectivity index (χ3n) is 3.53. The van der Waals surface area contributed by atoms with Crippen molar-refractivity contribution in [1.82, 2.24) is 0 Å². The second-order valence-corrected chi connectivity index (χ2v) is 5.98. The molecule has 0 spiro atoms. The first kappa shape index (κ1) is 15.5. The molecule has 2 nitrogen and oxygen atoms in total. The van der Waals surface area contributed by atoms with E-state index in [0.29, 0.717) is 18.0 Å². The third-order valence-corrected chi connectivity index (χ3v) is 3.67. The molecule has 0 atom stereocenters. The van der Waals surface area contributed by atoms with E-state index in [0.717, 1.165) is 11.3 Å². The van der Waals surface area contributed by atoms with Gasteiger partial charge >= 0.3 is 0 Å². The predicted octanol–water partition coefficient (Wildman–Crippen LogP) is 4.02. The van der Waals surface area contributed by atoms with Gasteiger partial charge in [-0.3, -0.25) is 0 Å². The van der Waals surface area contributed by atoms with Crippen molar-refractivity contribution in [2.24, 2.45) is 5.73 Å². The van der Waals surface area contributed by atoms with E-state index in [2.05, 4.69) is 32.9 Å². The van der Waals surface area contributed by atoms with Crippen LogP contribution in [0.3, 0.4) is 0 Å². The summed E-state index contributed by atoms with van der Waals surface area (Å²) in [4.78, 5) is 0.509. The summed E-state index contributed by atoms with van der Waals surface area (Å²) in [5.41, 5.74) is 11.7. The molecular formula is C18H21NOS. The average Bonchev–Trinajstić information content (AvgIpc) is 2.38. The van der Waals surface area contributed by atoms with Crippen molar-refractivity contribution in [2.75, 3.05) is 0 Å². The Morgan fingerprint density at radius 1 is 1.05 bits per heavy atom. The Balaban J connectivity index is 2.05. The molecule has 0 unspecified atom stereocenters. The molecule has 0 aliphatic rings. The normalized spacial score (nSPS) is 10.4. The van der Waals surface area contributed by atoms with Gasteiger partial charge in [0.2, 0.25) is 0 Å². The van der Waals surface area contributed by atoms with E-state index < -0.39 is 0 Å². The Morgan fingerprint density at radius 3 is 2.14 bits per heavy atom. The summed E-state index contributed by atoms with van der Waals surface area (Å²) in [5, 5.41) is 0. The molecule has 0 amide bonds. The van der Waals surface area contributed by atoms with Crippen LogP contribution in [-0.2, 0) is 13.0 Å². The van der Waals surface area contributed by atoms with Gasteiger partial charge in [-0.2, -0.15) is 0 Å². The van der Waals surface area contributed by atoms with Crippen molar-refractivity contribution < 1.29 is 4.74 Å². The zero-order valence-corrected chi connectivity index (χ0v) is 13.6. The second-order valence-electron chi connectivity index (χ2n) is 5.45. The van der Waals surface area contributed by atoms with E-state index in [1.165, 1.54) is 22.3 Å². The van der Waals surface area contributed by atoms with Crippen LogP contribution in [0, 0.1) is 20.8 Å². The summed E-state index contributed by atoms with van der Waals surface area (Å²) < 4.78 is 5.89. The fourth-order valence-electron chi connectivity index (χ4n) is 2.50. The molecule has 0 saturated heterocycles. The summed E-state index contributed by atoms with van der Waals surface area (Å²) in [7, 11) is 0. The van der Waals surface area contributed by atoms with Crippen LogP contribution in [0.15, 0.2) is 36.4 Å². The van der Waals surface area contributed by atoms with E-state index in [1.54, 1.807) is 0 Å². The highest BCUT2D eigenvalue weighted by molar-refractivity contribution is 7.80. The summed E-state index contributed by atoms with van der Waals surface area (Å²) in [5.74, 6) is 0.862. The second kappa shape index (κ2) is 6.72. The van der Waals surface area contributed by atoms with Crippen LogP contribution in [0.2, 0.25) is 0 Å². The lowest BCUT2D eigenvalue weighted by molar-refractivity contribution is 0.304. The van der Waals surface area contributed by atoms with Crippen molar-refractivity contribution in [3.63, 3.8) is 0 Å². The molecule has 0 fully saturated rings. The lowest BCUT2D eigenvalue weighted by atomic mass is 10.0. The lowest BCUT2D eigenvalue weighted by Gasteiger charge is -2.13. The summed E-state index contributed by atoms with van der Waals surface area (Å²) >= 11 is 4.91. The summed E-state index contributed by atoms with van der Waals surface area (Å²) in [6.07, 6.45) is 0.631. The van der Waals surface area contributed by atoms with Gasteiger partial charge in [-0.25, -0.2) is 0 Å². The molecule has 0 bridgehead atoms. The molecule has 110 valence electrons. The first-order valence-corrected chi connectivity index (χ1v) is 7.43. The minimum atomic E-state index is 0.509. The van der Waals surface area contributed by atoms with Gasteiger partial charge in [0.25, 0.3) is 0 Å². The van der Waals surface area contributed by atoms with E-state index in [9.17, 15) is 0 Å². The monoisotopic (exact) mass is 299 g/mol. The van der Waals surface area contributed by atoms with Crippen LogP contribution >= 0.6 is 12.2 Å². The molecule has 3 heteroatoms. The molecule has 21 heavy (non-hydrogen) atoms. The topological polar surface area (TPSA) is 35.2 Å². The van der Waals surface area contributed by atoms with Crippen molar-refractivity contribution in [3.05, 3.63) is 64.2 Å². The van der Waals surface area contributed by atoms with E-state index in [-0.39, 0.29) is 0 Å². The van der Waals surface area contributed by atoms with Crippen LogP contribution < -0.4 is 10.5 Å². The molecule has 0 heterocycles. The molecule has 2 N–H and O–H groups in total. The highest BCUT2D eigenvalue weighted by Crippen LogP contribution is 2.20. The quantitative estimate of drug-likeness (QED) is 0.847. The van der Waals surface area contributed by atoms with Crippen LogP contribution in [0.25, 0.3) is 0 Å². The van der Waals surface area contributed by atoms with Gasteiger partial charge in [-0.1, -0.05) is 42.0 Å². The number of benzene rings is 2. The van der Waals surface area contributed by atoms with Gasteiger partial charge < -0.3 is 10.5 Å². The molecule has 0 aromatic heterocycles. The molecule has 0 aliphatic carbocycles. The largest absolute Gasteiger partial charge is 0.489 e. The third kappa shape index (κ3) is 4.30. The zero-order chi connectivity index (χ0) is 15.4. The Morgan fingerprint density at radius 2 is 1.62 bits per heavy atom. The van der Waals surface area contributed by atoms with Crippen LogP contribution in [0.1, 0.15) is 27.8 Å². The Kier molecular flexibility index (Phi) is 4.97. The van der Waals surface area contributed by atoms with Gasteiger partial charge in [0.05, 0.1) is 4.99 Å². The van der Waals surface area contributed by atoms with Crippen LogP contribution in [0.4, 0.5) is 0 Å². The molecule has 2 aromatic rings. The summed E-state index contributed by atoms with van der Waals surface area (Å²) in [6.45, 7) is 6.96. The van der Waals surface area contributed by atoms with Crippen LogP contribution in [-0.4, -0.2) is 4.99 Å². The number of rotatable bonds is 5. The van der Waals surface area contributed by atoms with Crippen molar-refractivity contribution in [1.29, 1.82) is 0 Å². The Bertz CT molecular complexity index is 624. The van der Waals surface area contributed by atoms with Gasteiger partial charge in [0, 0.05) is 6.42 Å². The number of nitrogens with two attached hydrogens (primary N) is 1. The fraction of sp³-hybridized carbons (Fsp3) is 0.278. The number of ether oxygens (including phenoxy) is 1. The summed E-state index contributed by atoms with van der Waals surface area (Å²) in [6, 6.07) is 12.3. The van der Waals surface area contributed by atoms with Gasteiger partial charge in [-0.15, -0.1) is 0 Å². The predicted molar refractivity (Wildman–Crippen MR) is 91.9 cm³/mol. The minimum Gasteiger partial charge on any atom is -0.489 e. The lowest BCUT2D eigenvalue weighted by Crippen LogP contribution is -2.10. The van der Waals surface area contributed by atoms with Crippen molar-refractivity contribution in [3.8, 4) is 5.75 Å². The number of hydrogen-bond donors (Lipinski definition) is 1. The van der Waals surface area contributed by atoms with Gasteiger partial charge in [0.15, 0.2) is 0 Å². The molecule has 2 rings (SSSR count). The van der Waals surface area contributed by atoms with Gasteiger partial charge in [0.1, 0.15) is 12.4 Å². The molecule has 0 radical (unpaired) electrons. The highest BCUT2D eigenvalue weighted by atomic mass is 32.1. The SMILES string of the molecule is Cc1cc(C)c(COc2ccc(CC(N)=S)cc2)c(C)c1. The Hall–Kier alpha value is -1.87. The molecular weight excluding hydrogens is 278 g/mol. The maximum Gasteiger partial charge on any atom is 0.119 e. The Labute approximate surface area is 131 Å². The number of hydrogen-bond acceptors (Lipinski definition) is 2. The maximum atomic E-state index is 5.89. The fourth-order valence-corrected chi connectivity index (χ4v) is 2.66. The maximum absolute atomic E-state index is 5.89. The van der Waals surface area contributed by atoms with Gasteiger partial charge in [-0.05, 0) is 55.2 Å². The van der Waals surface area contributed by atoms with Crippen LogP contribution in [0.5, 0.6) is 5.75 Å². The van der Waals surface area contributed by atoms with E-state index >= 15 is 0 Å². The first-order valence-electron chi connectivity index (χ1n) is 7.02. The van der Waals surface area contributed by atoms with E-state index in [4.69, 9.17) is 22.7 Å². The molecule has 0 saturated carbocycles. The standard InChI is InChI=1S/C18H21NOS/c1-12-8-13(2)17(14(3)9-12)11-20-16-6-4-15(5-7-16)10-18(19)21/h4-9H,10-11H2,1-3H3,(H2,19,21). The smallest absolute Gasteiger partial charge is 0.119 e. The van der Waals surface area contributed by atoms with Crippen molar-refractivity contribution in [2.45, 2.75) is 33.8 Å².